The molecule has 9 nitrogen and oxygen atoms in total. The van der Waals surface area contributed by atoms with Crippen LogP contribution in [0.15, 0.2) is 0 Å². The van der Waals surface area contributed by atoms with Gasteiger partial charge in [-0.1, -0.05) is 13.8 Å². The standard InChI is InChI=1S/C17H24N4O5/c1-17(2)9-6-21(7-22)12(11(9)17)16(26)20-10(13(23)14(18)24)5-8-3-4-19-15(8)25/h7-12H,3-6H2,1-2H3,(H2,18,24)(H,19,25)(H,20,26)/t8-,9?,10-,11-,12-/m0/s1. The lowest BCUT2D eigenvalue weighted by atomic mass is 9.94. The Morgan fingerprint density at radius 3 is 2.65 bits per heavy atom. The highest BCUT2D eigenvalue weighted by Gasteiger charge is 2.68. The molecule has 2 saturated heterocycles. The van der Waals surface area contributed by atoms with Crippen LogP contribution >= 0.6 is 0 Å². The summed E-state index contributed by atoms with van der Waals surface area (Å²) in [4.78, 5) is 60.8. The molecule has 4 N–H and O–H groups in total. The van der Waals surface area contributed by atoms with Gasteiger partial charge in [0.25, 0.3) is 5.91 Å². The van der Waals surface area contributed by atoms with Crippen molar-refractivity contribution in [2.24, 2.45) is 28.9 Å². The Hall–Kier alpha value is -2.45. The fourth-order valence-electron chi connectivity index (χ4n) is 4.55. The molecule has 1 aliphatic carbocycles. The molecule has 3 fully saturated rings. The highest BCUT2D eigenvalue weighted by atomic mass is 16.2. The number of hydrogen-bond donors (Lipinski definition) is 3. The highest BCUT2D eigenvalue weighted by Crippen LogP contribution is 2.64. The number of ketones is 1. The number of amides is 4. The number of piperidine rings is 1. The van der Waals surface area contributed by atoms with Gasteiger partial charge in [-0.2, -0.15) is 0 Å². The molecule has 2 aliphatic heterocycles. The van der Waals surface area contributed by atoms with Crippen molar-refractivity contribution in [2.45, 2.75) is 38.8 Å². The van der Waals surface area contributed by atoms with Gasteiger partial charge in [-0.15, -0.1) is 0 Å². The lowest BCUT2D eigenvalue weighted by Gasteiger charge is -2.28. The van der Waals surface area contributed by atoms with E-state index in [2.05, 4.69) is 10.6 Å². The van der Waals surface area contributed by atoms with Crippen molar-refractivity contribution in [3.8, 4) is 0 Å². The maximum atomic E-state index is 12.8. The van der Waals surface area contributed by atoms with Crippen LogP contribution in [0, 0.1) is 23.2 Å². The number of fused-ring (bicyclic) bond motifs is 1. The molecule has 26 heavy (non-hydrogen) atoms. The monoisotopic (exact) mass is 364 g/mol. The van der Waals surface area contributed by atoms with E-state index < -0.39 is 35.6 Å². The lowest BCUT2D eigenvalue weighted by Crippen LogP contribution is -2.54. The van der Waals surface area contributed by atoms with Gasteiger partial charge < -0.3 is 21.3 Å². The molecule has 0 radical (unpaired) electrons. The van der Waals surface area contributed by atoms with Crippen LogP contribution in [0.2, 0.25) is 0 Å². The summed E-state index contributed by atoms with van der Waals surface area (Å²) < 4.78 is 0. The number of primary amides is 1. The van der Waals surface area contributed by atoms with Gasteiger partial charge in [0.1, 0.15) is 6.04 Å². The summed E-state index contributed by atoms with van der Waals surface area (Å²) in [6, 6.07) is -1.84. The number of hydrogen-bond acceptors (Lipinski definition) is 5. The minimum atomic E-state index is -1.16. The fraction of sp³-hybridized carbons (Fsp3) is 0.706. The summed E-state index contributed by atoms with van der Waals surface area (Å²) in [6.07, 6.45) is 1.19. The van der Waals surface area contributed by atoms with Crippen LogP contribution in [0.1, 0.15) is 26.7 Å². The third kappa shape index (κ3) is 2.95. The van der Waals surface area contributed by atoms with Crippen molar-refractivity contribution in [1.29, 1.82) is 0 Å². The molecule has 0 aromatic carbocycles. The average molecular weight is 364 g/mol. The van der Waals surface area contributed by atoms with E-state index in [1.54, 1.807) is 0 Å². The van der Waals surface area contributed by atoms with E-state index in [1.807, 2.05) is 13.8 Å². The molecule has 142 valence electrons. The summed E-state index contributed by atoms with van der Waals surface area (Å²) in [5.74, 6) is -2.97. The van der Waals surface area contributed by atoms with Crippen LogP contribution in [0.3, 0.4) is 0 Å². The van der Waals surface area contributed by atoms with Gasteiger partial charge in [-0.05, 0) is 30.1 Å². The Balaban J connectivity index is 1.74. The van der Waals surface area contributed by atoms with E-state index in [-0.39, 0.29) is 29.6 Å². The number of nitrogens with zero attached hydrogens (tertiary/aromatic N) is 1. The predicted molar refractivity (Wildman–Crippen MR) is 89.2 cm³/mol. The summed E-state index contributed by atoms with van der Waals surface area (Å²) in [7, 11) is 0. The van der Waals surface area contributed by atoms with Gasteiger partial charge in [0, 0.05) is 19.0 Å². The Kier molecular flexibility index (Phi) is 4.49. The molecular formula is C17H24N4O5. The normalized spacial score (nSPS) is 32.4. The summed E-state index contributed by atoms with van der Waals surface area (Å²) >= 11 is 0. The van der Waals surface area contributed by atoms with Crippen LogP contribution < -0.4 is 16.4 Å². The quantitative estimate of drug-likeness (QED) is 0.360. The summed E-state index contributed by atoms with van der Waals surface area (Å²) in [5.41, 5.74) is 5.05. The molecule has 3 rings (SSSR count). The second kappa shape index (κ2) is 6.37. The Morgan fingerprint density at radius 2 is 2.12 bits per heavy atom. The van der Waals surface area contributed by atoms with Crippen LogP contribution in [0.5, 0.6) is 0 Å². The molecule has 1 saturated carbocycles. The summed E-state index contributed by atoms with van der Waals surface area (Å²) in [5, 5.41) is 5.24. The maximum absolute atomic E-state index is 12.8. The fourth-order valence-corrected chi connectivity index (χ4v) is 4.55. The third-order valence-electron chi connectivity index (χ3n) is 6.21. The Morgan fingerprint density at radius 1 is 1.42 bits per heavy atom. The minimum Gasteiger partial charge on any atom is -0.363 e. The molecular weight excluding hydrogens is 340 g/mol. The number of nitrogens with two attached hydrogens (primary N) is 1. The topological polar surface area (TPSA) is 139 Å². The Labute approximate surface area is 151 Å². The number of rotatable bonds is 7. The molecule has 0 bridgehead atoms. The van der Waals surface area contributed by atoms with E-state index in [0.29, 0.717) is 25.9 Å². The smallest absolute Gasteiger partial charge is 0.287 e. The molecule has 1 unspecified atom stereocenters. The van der Waals surface area contributed by atoms with Crippen molar-refractivity contribution in [2.75, 3.05) is 13.1 Å². The van der Waals surface area contributed by atoms with Crippen molar-refractivity contribution in [1.82, 2.24) is 15.5 Å². The zero-order valence-corrected chi connectivity index (χ0v) is 14.9. The average Bonchev–Trinajstić information content (AvgIpc) is 2.95. The highest BCUT2D eigenvalue weighted by molar-refractivity contribution is 6.37. The van der Waals surface area contributed by atoms with Gasteiger partial charge >= 0.3 is 0 Å². The number of carbonyl (C=O) groups excluding carboxylic acids is 5. The lowest BCUT2D eigenvalue weighted by molar-refractivity contribution is -0.140. The summed E-state index contributed by atoms with van der Waals surface area (Å²) in [6.45, 7) is 5.08. The van der Waals surface area contributed by atoms with Crippen LogP contribution in [0.4, 0.5) is 0 Å². The van der Waals surface area contributed by atoms with Crippen LogP contribution in [0.25, 0.3) is 0 Å². The van der Waals surface area contributed by atoms with Gasteiger partial charge in [0.15, 0.2) is 0 Å². The molecule has 0 aromatic heterocycles. The first-order valence-corrected chi connectivity index (χ1v) is 8.81. The molecule has 0 aromatic rings. The molecule has 9 heteroatoms. The number of likely N-dealkylation sites (tertiary alicyclic amines) is 1. The third-order valence-corrected chi connectivity index (χ3v) is 6.21. The van der Waals surface area contributed by atoms with Crippen LogP contribution in [-0.4, -0.2) is 60.0 Å². The molecule has 5 atom stereocenters. The number of carbonyl (C=O) groups is 5. The van der Waals surface area contributed by atoms with Crippen LogP contribution in [-0.2, 0) is 24.0 Å². The van der Waals surface area contributed by atoms with Crippen molar-refractivity contribution in [3.05, 3.63) is 0 Å². The zero-order valence-electron chi connectivity index (χ0n) is 14.9. The van der Waals surface area contributed by atoms with Gasteiger partial charge in [0.2, 0.25) is 24.0 Å². The minimum absolute atomic E-state index is 0.0185. The predicted octanol–water partition coefficient (Wildman–Crippen LogP) is -1.84. The first-order chi connectivity index (χ1) is 12.2. The van der Waals surface area contributed by atoms with E-state index >= 15 is 0 Å². The first kappa shape index (κ1) is 18.3. The van der Waals surface area contributed by atoms with E-state index in [0.717, 1.165) is 0 Å². The van der Waals surface area contributed by atoms with Gasteiger partial charge in [0.05, 0.1) is 6.04 Å². The Bertz CT molecular complexity index is 676. The largest absolute Gasteiger partial charge is 0.363 e. The van der Waals surface area contributed by atoms with E-state index in [4.69, 9.17) is 5.73 Å². The second-order valence-corrected chi connectivity index (χ2v) is 8.00. The number of nitrogens with one attached hydrogen (secondary N) is 2. The van der Waals surface area contributed by atoms with E-state index in [1.165, 1.54) is 4.90 Å². The molecule has 4 amide bonds. The first-order valence-electron chi connectivity index (χ1n) is 8.81. The molecule has 2 heterocycles. The SMILES string of the molecule is CC1(C)C2CN(C=O)[C@H](C(=O)N[C@@H](C[C@@H]3CCNC3=O)C(=O)C(N)=O)[C@H]21. The molecule has 3 aliphatic rings. The second-order valence-electron chi connectivity index (χ2n) is 8.00. The van der Waals surface area contributed by atoms with Gasteiger partial charge in [-0.3, -0.25) is 24.0 Å². The maximum Gasteiger partial charge on any atom is 0.287 e. The van der Waals surface area contributed by atoms with Crippen molar-refractivity contribution >= 4 is 29.9 Å². The number of Topliss-reactive ketones (excluding diaryl/α,β-unsaturated/α-hetero) is 1. The van der Waals surface area contributed by atoms with E-state index in [9.17, 15) is 24.0 Å². The van der Waals surface area contributed by atoms with Crippen molar-refractivity contribution in [3.63, 3.8) is 0 Å². The van der Waals surface area contributed by atoms with Crippen molar-refractivity contribution < 1.29 is 24.0 Å². The molecule has 0 spiro atoms. The van der Waals surface area contributed by atoms with Gasteiger partial charge in [-0.25, -0.2) is 0 Å². The zero-order chi connectivity index (χ0) is 19.2.